The third-order valence-corrected chi connectivity index (χ3v) is 4.40. The van der Waals surface area contributed by atoms with E-state index in [1.807, 2.05) is 55.7 Å². The molecule has 0 bridgehead atoms. The second-order valence-corrected chi connectivity index (χ2v) is 6.49. The number of hydrogen-bond donors (Lipinski definition) is 0. The summed E-state index contributed by atoms with van der Waals surface area (Å²) in [7, 11) is 0. The first-order valence-electron chi connectivity index (χ1n) is 8.81. The SMILES string of the molecule is Cc1cc(-n2c(C)cc(C(=O)COC(=O)CCc3ccccc3)c2C)no1. The van der Waals surface area contributed by atoms with E-state index in [1.165, 1.54) is 0 Å². The van der Waals surface area contributed by atoms with Gasteiger partial charge in [-0.15, -0.1) is 0 Å². The molecule has 0 unspecified atom stereocenters. The first-order chi connectivity index (χ1) is 13.0. The fourth-order valence-corrected chi connectivity index (χ4v) is 3.04. The summed E-state index contributed by atoms with van der Waals surface area (Å²) in [5, 5.41) is 4.00. The molecule has 0 fully saturated rings. The van der Waals surface area contributed by atoms with Gasteiger partial charge in [-0.2, -0.15) is 0 Å². The van der Waals surface area contributed by atoms with E-state index in [1.54, 1.807) is 12.1 Å². The molecule has 0 saturated heterocycles. The number of carbonyl (C=O) groups excluding carboxylic acids is 2. The summed E-state index contributed by atoms with van der Waals surface area (Å²) in [6.45, 7) is 5.27. The molecule has 0 aliphatic rings. The average molecular weight is 366 g/mol. The Kier molecular flexibility index (Phi) is 5.54. The summed E-state index contributed by atoms with van der Waals surface area (Å²) in [4.78, 5) is 24.4. The number of ether oxygens (including phenoxy) is 1. The fraction of sp³-hybridized carbons (Fsp3) is 0.286. The van der Waals surface area contributed by atoms with Crippen LogP contribution < -0.4 is 0 Å². The predicted molar refractivity (Wildman–Crippen MR) is 100 cm³/mol. The van der Waals surface area contributed by atoms with Crippen molar-refractivity contribution in [3.63, 3.8) is 0 Å². The zero-order valence-corrected chi connectivity index (χ0v) is 15.7. The molecule has 0 amide bonds. The Morgan fingerprint density at radius 3 is 2.52 bits per heavy atom. The van der Waals surface area contributed by atoms with Crippen LogP contribution in [0.15, 0.2) is 47.0 Å². The van der Waals surface area contributed by atoms with Crippen LogP contribution in [-0.4, -0.2) is 28.1 Å². The van der Waals surface area contributed by atoms with Gasteiger partial charge in [-0.25, -0.2) is 0 Å². The van der Waals surface area contributed by atoms with Gasteiger partial charge >= 0.3 is 5.97 Å². The molecule has 1 aromatic carbocycles. The number of ketones is 1. The van der Waals surface area contributed by atoms with E-state index < -0.39 is 0 Å². The smallest absolute Gasteiger partial charge is 0.306 e. The molecule has 2 heterocycles. The second-order valence-electron chi connectivity index (χ2n) is 6.49. The number of hydrogen-bond acceptors (Lipinski definition) is 5. The molecule has 2 aromatic heterocycles. The van der Waals surface area contributed by atoms with Crippen molar-refractivity contribution in [1.29, 1.82) is 0 Å². The third-order valence-electron chi connectivity index (χ3n) is 4.40. The van der Waals surface area contributed by atoms with Crippen molar-refractivity contribution in [2.24, 2.45) is 0 Å². The number of aromatic nitrogens is 2. The molecule has 0 aliphatic heterocycles. The van der Waals surface area contributed by atoms with Crippen molar-refractivity contribution in [1.82, 2.24) is 9.72 Å². The second kappa shape index (κ2) is 8.03. The zero-order chi connectivity index (χ0) is 19.4. The van der Waals surface area contributed by atoms with Crippen LogP contribution in [0.2, 0.25) is 0 Å². The van der Waals surface area contributed by atoms with E-state index in [2.05, 4.69) is 5.16 Å². The maximum Gasteiger partial charge on any atom is 0.306 e. The lowest BCUT2D eigenvalue weighted by atomic mass is 10.1. The Morgan fingerprint density at radius 2 is 1.85 bits per heavy atom. The van der Waals surface area contributed by atoms with Crippen LogP contribution in [0.25, 0.3) is 5.82 Å². The van der Waals surface area contributed by atoms with Gasteiger partial charge < -0.3 is 9.26 Å². The molecule has 0 N–H and O–H groups in total. The summed E-state index contributed by atoms with van der Waals surface area (Å²) < 4.78 is 12.1. The minimum Gasteiger partial charge on any atom is -0.457 e. The molecule has 0 spiro atoms. The van der Waals surface area contributed by atoms with E-state index in [0.29, 0.717) is 23.6 Å². The Hall–Kier alpha value is -3.15. The van der Waals surface area contributed by atoms with Crippen LogP contribution in [0.3, 0.4) is 0 Å². The first-order valence-corrected chi connectivity index (χ1v) is 8.81. The van der Waals surface area contributed by atoms with Gasteiger partial charge in [-0.3, -0.25) is 14.2 Å². The van der Waals surface area contributed by atoms with Crippen LogP contribution in [-0.2, 0) is 16.0 Å². The van der Waals surface area contributed by atoms with Crippen LogP contribution in [0.5, 0.6) is 0 Å². The van der Waals surface area contributed by atoms with Crippen molar-refractivity contribution in [3.05, 3.63) is 70.7 Å². The molecule has 0 radical (unpaired) electrons. The number of Topliss-reactive ketones (excluding diaryl/α,β-unsaturated/α-hetero) is 1. The van der Waals surface area contributed by atoms with Crippen molar-refractivity contribution in [3.8, 4) is 5.82 Å². The Balaban J connectivity index is 1.60. The highest BCUT2D eigenvalue weighted by Crippen LogP contribution is 2.21. The zero-order valence-electron chi connectivity index (χ0n) is 15.7. The minimum atomic E-state index is -0.381. The lowest BCUT2D eigenvalue weighted by Crippen LogP contribution is -2.15. The van der Waals surface area contributed by atoms with E-state index >= 15 is 0 Å². The standard InChI is InChI=1S/C21H22N2O4/c1-14-11-18(16(3)23(14)20-12-15(2)27-22-20)19(24)13-26-21(25)10-9-17-7-5-4-6-8-17/h4-8,11-12H,9-10,13H2,1-3H3. The summed E-state index contributed by atoms with van der Waals surface area (Å²) >= 11 is 0. The van der Waals surface area contributed by atoms with Gasteiger partial charge in [0.15, 0.2) is 12.4 Å². The highest BCUT2D eigenvalue weighted by Gasteiger charge is 2.19. The third kappa shape index (κ3) is 4.34. The number of carbonyl (C=O) groups is 2. The average Bonchev–Trinajstić information content (AvgIpc) is 3.21. The van der Waals surface area contributed by atoms with Crippen molar-refractivity contribution in [2.45, 2.75) is 33.6 Å². The molecule has 140 valence electrons. The lowest BCUT2D eigenvalue weighted by molar-refractivity contribution is -0.142. The van der Waals surface area contributed by atoms with Crippen molar-refractivity contribution in [2.75, 3.05) is 6.61 Å². The quantitative estimate of drug-likeness (QED) is 0.470. The Bertz CT molecular complexity index is 954. The van der Waals surface area contributed by atoms with Gasteiger partial charge in [0.1, 0.15) is 5.76 Å². The van der Waals surface area contributed by atoms with Gasteiger partial charge in [0.2, 0.25) is 5.78 Å². The van der Waals surface area contributed by atoms with Gasteiger partial charge in [-0.05, 0) is 38.8 Å². The van der Waals surface area contributed by atoms with E-state index in [9.17, 15) is 9.59 Å². The molecule has 6 heteroatoms. The normalized spacial score (nSPS) is 10.8. The van der Waals surface area contributed by atoms with E-state index in [-0.39, 0.29) is 24.8 Å². The van der Waals surface area contributed by atoms with Crippen LogP contribution in [0.4, 0.5) is 0 Å². The highest BCUT2D eigenvalue weighted by molar-refractivity contribution is 5.99. The summed E-state index contributed by atoms with van der Waals surface area (Å²) in [5.74, 6) is 0.704. The van der Waals surface area contributed by atoms with E-state index in [0.717, 1.165) is 17.0 Å². The number of esters is 1. The van der Waals surface area contributed by atoms with Crippen LogP contribution in [0, 0.1) is 20.8 Å². The molecule has 27 heavy (non-hydrogen) atoms. The summed E-state index contributed by atoms with van der Waals surface area (Å²) in [5.41, 5.74) is 3.18. The van der Waals surface area contributed by atoms with Crippen molar-refractivity contribution >= 4 is 11.8 Å². The van der Waals surface area contributed by atoms with E-state index in [4.69, 9.17) is 9.26 Å². The molecular weight excluding hydrogens is 344 g/mol. The maximum absolute atomic E-state index is 12.5. The minimum absolute atomic E-state index is 0.234. The topological polar surface area (TPSA) is 74.3 Å². The van der Waals surface area contributed by atoms with Crippen molar-refractivity contribution < 1.29 is 18.8 Å². The molecule has 6 nitrogen and oxygen atoms in total. The molecule has 3 aromatic rings. The van der Waals surface area contributed by atoms with Gasteiger partial charge in [0.05, 0.1) is 0 Å². The Morgan fingerprint density at radius 1 is 1.11 bits per heavy atom. The first kappa shape index (κ1) is 18.6. The van der Waals surface area contributed by atoms with Crippen LogP contribution >= 0.6 is 0 Å². The number of rotatable bonds is 7. The predicted octanol–water partition coefficient (Wildman–Crippen LogP) is 3.75. The van der Waals surface area contributed by atoms with Crippen LogP contribution in [0.1, 0.15) is 39.5 Å². The van der Waals surface area contributed by atoms with Gasteiger partial charge in [0, 0.05) is 29.4 Å². The Labute approximate surface area is 157 Å². The monoisotopic (exact) mass is 366 g/mol. The highest BCUT2D eigenvalue weighted by atomic mass is 16.5. The largest absolute Gasteiger partial charge is 0.457 e. The maximum atomic E-state index is 12.5. The number of benzene rings is 1. The number of nitrogens with zero attached hydrogens (tertiary/aromatic N) is 2. The van der Waals surface area contributed by atoms with Gasteiger partial charge in [-0.1, -0.05) is 35.5 Å². The summed E-state index contributed by atoms with van der Waals surface area (Å²) in [6, 6.07) is 13.3. The lowest BCUT2D eigenvalue weighted by Gasteiger charge is -2.06. The number of aryl methyl sites for hydroxylation is 3. The molecule has 0 saturated carbocycles. The molecule has 3 rings (SSSR count). The molecular formula is C21H22N2O4. The summed E-state index contributed by atoms with van der Waals surface area (Å²) in [6.07, 6.45) is 0.836. The molecule has 0 aliphatic carbocycles. The molecule has 0 atom stereocenters. The fourth-order valence-electron chi connectivity index (χ4n) is 3.04. The van der Waals surface area contributed by atoms with Gasteiger partial charge in [0.25, 0.3) is 0 Å².